The van der Waals surface area contributed by atoms with Crippen LogP contribution in [0.15, 0.2) is 53.7 Å². The zero-order valence-electron chi connectivity index (χ0n) is 12.0. The van der Waals surface area contributed by atoms with Gasteiger partial charge in [-0.2, -0.15) is 5.26 Å². The summed E-state index contributed by atoms with van der Waals surface area (Å²) in [4.78, 5) is 17.3. The number of nitriles is 1. The number of hydrogen-bond donors (Lipinski definition) is 1. The van der Waals surface area contributed by atoms with E-state index >= 15 is 0 Å². The largest absolute Gasteiger partial charge is 0.382 e. The summed E-state index contributed by atoms with van der Waals surface area (Å²) < 4.78 is 13.7. The Morgan fingerprint density at radius 3 is 2.70 bits per heavy atom. The average molecular weight is 309 g/mol. The highest BCUT2D eigenvalue weighted by molar-refractivity contribution is 6.06. The van der Waals surface area contributed by atoms with Crippen molar-refractivity contribution in [2.75, 3.05) is 5.32 Å². The van der Waals surface area contributed by atoms with E-state index in [0.29, 0.717) is 22.5 Å². The van der Waals surface area contributed by atoms with E-state index in [1.54, 1.807) is 42.5 Å². The molecule has 1 amide bonds. The van der Waals surface area contributed by atoms with Crippen LogP contribution in [0.1, 0.15) is 17.5 Å². The van der Waals surface area contributed by atoms with Gasteiger partial charge < -0.3 is 10.2 Å². The average Bonchev–Trinajstić information content (AvgIpc) is 3.06. The topological polar surface area (TPSA) is 74.5 Å². The van der Waals surface area contributed by atoms with Crippen LogP contribution in [0.2, 0.25) is 0 Å². The molecule has 3 rings (SSSR count). The number of hydrogen-bond acceptors (Lipinski definition) is 4. The van der Waals surface area contributed by atoms with Crippen LogP contribution < -0.4 is 5.32 Å². The van der Waals surface area contributed by atoms with Crippen LogP contribution in [-0.2, 0) is 9.63 Å². The lowest BCUT2D eigenvalue weighted by Crippen LogP contribution is -2.28. The first-order chi connectivity index (χ1) is 11.2. The molecule has 0 saturated carbocycles. The molecule has 2 aromatic rings. The Morgan fingerprint density at radius 2 is 2.00 bits per heavy atom. The summed E-state index contributed by atoms with van der Waals surface area (Å²) >= 11 is 0. The molecule has 0 aromatic heterocycles. The molecule has 2 aromatic carbocycles. The van der Waals surface area contributed by atoms with Crippen LogP contribution in [0.3, 0.4) is 0 Å². The van der Waals surface area contributed by atoms with Gasteiger partial charge in [-0.1, -0.05) is 23.4 Å². The highest BCUT2D eigenvalue weighted by Gasteiger charge is 2.29. The fourth-order valence-corrected chi connectivity index (χ4v) is 2.22. The molecule has 114 valence electrons. The molecular weight excluding hydrogens is 297 g/mol. The van der Waals surface area contributed by atoms with Gasteiger partial charge in [0.2, 0.25) is 6.10 Å². The van der Waals surface area contributed by atoms with E-state index < -0.39 is 11.9 Å². The zero-order valence-corrected chi connectivity index (χ0v) is 12.0. The van der Waals surface area contributed by atoms with Crippen molar-refractivity contribution in [1.29, 1.82) is 5.26 Å². The highest BCUT2D eigenvalue weighted by atomic mass is 19.1. The third-order valence-electron chi connectivity index (χ3n) is 3.43. The smallest absolute Gasteiger partial charge is 0.268 e. The molecule has 23 heavy (non-hydrogen) atoms. The lowest BCUT2D eigenvalue weighted by Gasteiger charge is -2.09. The van der Waals surface area contributed by atoms with Crippen molar-refractivity contribution in [3.05, 3.63) is 65.5 Å². The summed E-state index contributed by atoms with van der Waals surface area (Å²) in [6.45, 7) is 0. The molecule has 1 atom stereocenters. The number of carbonyl (C=O) groups is 1. The van der Waals surface area contributed by atoms with Crippen LogP contribution >= 0.6 is 0 Å². The Bertz CT molecular complexity index is 809. The van der Waals surface area contributed by atoms with Gasteiger partial charge in [-0.3, -0.25) is 4.79 Å². The van der Waals surface area contributed by atoms with Gasteiger partial charge in [-0.05, 0) is 30.3 Å². The number of amides is 1. The summed E-state index contributed by atoms with van der Waals surface area (Å²) in [5, 5.41) is 15.2. The van der Waals surface area contributed by atoms with Gasteiger partial charge in [0, 0.05) is 17.7 Å². The lowest BCUT2D eigenvalue weighted by molar-refractivity contribution is -0.125. The minimum atomic E-state index is -0.805. The maximum Gasteiger partial charge on any atom is 0.268 e. The summed E-state index contributed by atoms with van der Waals surface area (Å²) in [5.74, 6) is -0.771. The third-order valence-corrected chi connectivity index (χ3v) is 3.43. The van der Waals surface area contributed by atoms with E-state index in [2.05, 4.69) is 10.5 Å². The fraction of sp³-hybridized carbons (Fsp3) is 0.118. The van der Waals surface area contributed by atoms with Crippen molar-refractivity contribution in [3.8, 4) is 6.07 Å². The third kappa shape index (κ3) is 3.19. The van der Waals surface area contributed by atoms with E-state index in [4.69, 9.17) is 10.1 Å². The Balaban J connectivity index is 1.64. The number of rotatable bonds is 3. The Kier molecular flexibility index (Phi) is 4.02. The number of benzene rings is 2. The van der Waals surface area contributed by atoms with Gasteiger partial charge in [-0.15, -0.1) is 0 Å². The maximum absolute atomic E-state index is 13.7. The zero-order chi connectivity index (χ0) is 16.2. The van der Waals surface area contributed by atoms with Crippen LogP contribution in [0.4, 0.5) is 10.1 Å². The Labute approximate surface area is 132 Å². The quantitative estimate of drug-likeness (QED) is 0.947. The molecule has 1 aliphatic rings. The number of carbonyl (C=O) groups excluding carboxylic acids is 1. The first-order valence-corrected chi connectivity index (χ1v) is 6.96. The van der Waals surface area contributed by atoms with Gasteiger partial charge in [0.05, 0.1) is 17.3 Å². The molecule has 0 aliphatic carbocycles. The second-order valence-corrected chi connectivity index (χ2v) is 4.99. The molecule has 0 fully saturated rings. The van der Waals surface area contributed by atoms with Gasteiger partial charge in [-0.25, -0.2) is 4.39 Å². The minimum Gasteiger partial charge on any atom is -0.382 e. The molecule has 1 unspecified atom stereocenters. The second-order valence-electron chi connectivity index (χ2n) is 4.99. The van der Waals surface area contributed by atoms with Crippen molar-refractivity contribution in [2.45, 2.75) is 12.5 Å². The number of oxime groups is 1. The van der Waals surface area contributed by atoms with Crippen molar-refractivity contribution < 1.29 is 14.0 Å². The van der Waals surface area contributed by atoms with E-state index in [1.807, 2.05) is 6.07 Å². The predicted octanol–water partition coefficient (Wildman–Crippen LogP) is 2.83. The fourth-order valence-electron chi connectivity index (χ4n) is 2.22. The predicted molar refractivity (Wildman–Crippen MR) is 82.2 cm³/mol. The van der Waals surface area contributed by atoms with Crippen LogP contribution in [0.5, 0.6) is 0 Å². The van der Waals surface area contributed by atoms with E-state index in [0.717, 1.165) is 0 Å². The molecule has 1 N–H and O–H groups in total. The van der Waals surface area contributed by atoms with Gasteiger partial charge in [0.15, 0.2) is 0 Å². The molecule has 0 bridgehead atoms. The molecule has 0 radical (unpaired) electrons. The van der Waals surface area contributed by atoms with Crippen molar-refractivity contribution in [3.63, 3.8) is 0 Å². The van der Waals surface area contributed by atoms with Crippen LogP contribution in [0, 0.1) is 17.1 Å². The first-order valence-electron chi connectivity index (χ1n) is 6.96. The molecule has 6 heteroatoms. The van der Waals surface area contributed by atoms with E-state index in [-0.39, 0.29) is 12.3 Å². The van der Waals surface area contributed by atoms with Crippen molar-refractivity contribution in [1.82, 2.24) is 0 Å². The summed E-state index contributed by atoms with van der Waals surface area (Å²) in [7, 11) is 0. The van der Waals surface area contributed by atoms with Gasteiger partial charge in [0.25, 0.3) is 5.91 Å². The first kappa shape index (κ1) is 14.7. The SMILES string of the molecule is N#Cc1ccc(NC(=O)C2CC(c3ccccc3F)=NO2)cc1. The minimum absolute atomic E-state index is 0.197. The Morgan fingerprint density at radius 1 is 1.26 bits per heavy atom. The van der Waals surface area contributed by atoms with E-state index in [1.165, 1.54) is 6.07 Å². The summed E-state index contributed by atoms with van der Waals surface area (Å²) in [6.07, 6.45) is -0.608. The molecule has 5 nitrogen and oxygen atoms in total. The Hall–Kier alpha value is -3.20. The number of nitrogens with zero attached hydrogens (tertiary/aromatic N) is 2. The standard InChI is InChI=1S/C17H12FN3O2/c18-14-4-2-1-3-13(14)15-9-16(23-21-15)17(22)20-12-7-5-11(10-19)6-8-12/h1-8,16H,9H2,(H,20,22). The summed E-state index contributed by atoms with van der Waals surface area (Å²) in [5.41, 5.74) is 1.80. The maximum atomic E-state index is 13.7. The molecule has 0 spiro atoms. The number of halogens is 1. The van der Waals surface area contributed by atoms with Crippen molar-refractivity contribution >= 4 is 17.3 Å². The number of anilines is 1. The normalized spacial score (nSPS) is 16.2. The number of nitrogens with one attached hydrogen (secondary N) is 1. The molecule has 1 heterocycles. The lowest BCUT2D eigenvalue weighted by atomic mass is 10.0. The molecule has 1 aliphatic heterocycles. The molecular formula is C17H12FN3O2. The molecule has 0 saturated heterocycles. The van der Waals surface area contributed by atoms with Crippen LogP contribution in [0.25, 0.3) is 0 Å². The summed E-state index contributed by atoms with van der Waals surface area (Å²) in [6, 6.07) is 14.7. The van der Waals surface area contributed by atoms with Gasteiger partial charge >= 0.3 is 0 Å². The van der Waals surface area contributed by atoms with Crippen molar-refractivity contribution in [2.24, 2.45) is 5.16 Å². The monoisotopic (exact) mass is 309 g/mol. The van der Waals surface area contributed by atoms with Gasteiger partial charge in [0.1, 0.15) is 5.82 Å². The second kappa shape index (κ2) is 6.28. The highest BCUT2D eigenvalue weighted by Crippen LogP contribution is 2.20. The van der Waals surface area contributed by atoms with Crippen LogP contribution in [-0.4, -0.2) is 17.7 Å². The van der Waals surface area contributed by atoms with E-state index in [9.17, 15) is 9.18 Å².